The predicted molar refractivity (Wildman–Crippen MR) is 180 cm³/mol. The van der Waals surface area contributed by atoms with Crippen LogP contribution in [0.5, 0.6) is 0 Å². The van der Waals surface area contributed by atoms with Gasteiger partial charge in [-0.3, -0.25) is 9.59 Å². The van der Waals surface area contributed by atoms with E-state index < -0.39 is 5.92 Å². The number of amides is 2. The van der Waals surface area contributed by atoms with Crippen molar-refractivity contribution in [2.45, 2.75) is 38.8 Å². The Morgan fingerprint density at radius 3 is 1.93 bits per heavy atom. The molecule has 0 spiro atoms. The molecule has 4 aromatic carbocycles. The van der Waals surface area contributed by atoms with Crippen LogP contribution in [0.4, 0.5) is 5.69 Å². The van der Waals surface area contributed by atoms with Crippen molar-refractivity contribution in [1.29, 1.82) is 0 Å². The molecule has 44 heavy (non-hydrogen) atoms. The van der Waals surface area contributed by atoms with Crippen LogP contribution in [-0.4, -0.2) is 59.8 Å². The monoisotopic (exact) mass is 586 g/mol. The Morgan fingerprint density at radius 2 is 1.34 bits per heavy atom. The Morgan fingerprint density at radius 1 is 0.750 bits per heavy atom. The standard InChI is InChI=1S/C38H42N4O2/c1-28(2)42(38(44)37(30-13-7-5-8-14-30)31-15-9-6-10-16-31)27-36(43)41(26-29-19-21-33(22-20-29)40(3)4)24-23-32-25-39-35-18-12-11-17-34(32)35/h5-22,25,28,37,39H,23-24,26-27H2,1-4H3. The summed E-state index contributed by atoms with van der Waals surface area (Å²) in [5.74, 6) is -0.632. The maximum absolute atomic E-state index is 14.3. The van der Waals surface area contributed by atoms with Gasteiger partial charge in [0.15, 0.2) is 0 Å². The molecule has 0 atom stereocenters. The molecule has 1 N–H and O–H groups in total. The lowest BCUT2D eigenvalue weighted by Crippen LogP contribution is -2.47. The fourth-order valence-electron chi connectivity index (χ4n) is 5.70. The van der Waals surface area contributed by atoms with Crippen molar-refractivity contribution in [2.24, 2.45) is 0 Å². The Labute approximate surface area is 260 Å². The van der Waals surface area contributed by atoms with E-state index in [2.05, 4.69) is 46.3 Å². The minimum atomic E-state index is -0.495. The molecule has 0 bridgehead atoms. The highest BCUT2D eigenvalue weighted by atomic mass is 16.2. The molecule has 0 aliphatic heterocycles. The number of H-pyrrole nitrogens is 1. The number of fused-ring (bicyclic) bond motifs is 1. The van der Waals surface area contributed by atoms with Crippen LogP contribution in [0.3, 0.4) is 0 Å². The van der Waals surface area contributed by atoms with E-state index in [1.807, 2.05) is 112 Å². The second-order valence-corrected chi connectivity index (χ2v) is 11.8. The van der Waals surface area contributed by atoms with E-state index in [1.54, 1.807) is 4.90 Å². The number of para-hydroxylation sites is 1. The number of nitrogens with zero attached hydrogens (tertiary/aromatic N) is 3. The summed E-state index contributed by atoms with van der Waals surface area (Å²) in [6, 6.07) is 36.1. The zero-order valence-electron chi connectivity index (χ0n) is 26.1. The highest BCUT2D eigenvalue weighted by Gasteiger charge is 2.31. The third kappa shape index (κ3) is 7.20. The lowest BCUT2D eigenvalue weighted by Gasteiger charge is -2.33. The molecule has 0 fully saturated rings. The van der Waals surface area contributed by atoms with Crippen molar-refractivity contribution >= 4 is 28.4 Å². The second kappa shape index (κ2) is 14.1. The average Bonchev–Trinajstić information content (AvgIpc) is 3.46. The zero-order valence-corrected chi connectivity index (χ0v) is 26.1. The largest absolute Gasteiger partial charge is 0.378 e. The van der Waals surface area contributed by atoms with E-state index in [-0.39, 0.29) is 24.4 Å². The fraction of sp³-hybridized carbons (Fsp3) is 0.263. The molecule has 0 aliphatic carbocycles. The van der Waals surface area contributed by atoms with E-state index in [9.17, 15) is 9.59 Å². The predicted octanol–water partition coefficient (Wildman–Crippen LogP) is 6.87. The number of nitrogens with one attached hydrogen (secondary N) is 1. The number of aromatic nitrogens is 1. The van der Waals surface area contributed by atoms with Gasteiger partial charge in [0.25, 0.3) is 0 Å². The van der Waals surface area contributed by atoms with Crippen molar-refractivity contribution < 1.29 is 9.59 Å². The van der Waals surface area contributed by atoms with Crippen molar-refractivity contribution in [2.75, 3.05) is 32.1 Å². The maximum atomic E-state index is 14.3. The van der Waals surface area contributed by atoms with Crippen LogP contribution >= 0.6 is 0 Å². The lowest BCUT2D eigenvalue weighted by molar-refractivity contribution is -0.142. The number of carbonyl (C=O) groups is 2. The maximum Gasteiger partial charge on any atom is 0.242 e. The van der Waals surface area contributed by atoms with Gasteiger partial charge in [0.05, 0.1) is 5.92 Å². The molecule has 226 valence electrons. The first-order valence-corrected chi connectivity index (χ1v) is 15.3. The molecule has 0 radical (unpaired) electrons. The molecule has 0 saturated heterocycles. The lowest BCUT2D eigenvalue weighted by atomic mass is 9.89. The van der Waals surface area contributed by atoms with Gasteiger partial charge in [0, 0.05) is 56.0 Å². The number of benzene rings is 4. The Bertz CT molecular complexity index is 1620. The highest BCUT2D eigenvalue weighted by Crippen LogP contribution is 2.28. The van der Waals surface area contributed by atoms with Gasteiger partial charge in [0.1, 0.15) is 6.54 Å². The van der Waals surface area contributed by atoms with E-state index in [0.717, 1.165) is 27.9 Å². The molecule has 1 aromatic heterocycles. The van der Waals surface area contributed by atoms with E-state index in [0.29, 0.717) is 19.5 Å². The number of hydrogen-bond acceptors (Lipinski definition) is 3. The molecular weight excluding hydrogens is 544 g/mol. The Kier molecular flexibility index (Phi) is 9.80. The molecule has 0 unspecified atom stereocenters. The van der Waals surface area contributed by atoms with Crippen LogP contribution in [0.1, 0.15) is 42.0 Å². The molecule has 2 amide bonds. The van der Waals surface area contributed by atoms with Crippen molar-refractivity contribution in [3.05, 3.63) is 138 Å². The molecule has 6 nitrogen and oxygen atoms in total. The van der Waals surface area contributed by atoms with Gasteiger partial charge in [-0.15, -0.1) is 0 Å². The SMILES string of the molecule is CC(C)N(CC(=O)N(CCc1c[nH]c2ccccc12)Cc1ccc(N(C)C)cc1)C(=O)C(c1ccccc1)c1ccccc1. The summed E-state index contributed by atoms with van der Waals surface area (Å²) in [4.78, 5) is 37.6. The summed E-state index contributed by atoms with van der Waals surface area (Å²) in [6.07, 6.45) is 2.74. The Hall–Kier alpha value is -4.84. The van der Waals surface area contributed by atoms with E-state index in [4.69, 9.17) is 0 Å². The summed E-state index contributed by atoms with van der Waals surface area (Å²) < 4.78 is 0. The van der Waals surface area contributed by atoms with Crippen molar-refractivity contribution in [3.8, 4) is 0 Å². The van der Waals surface area contributed by atoms with Crippen LogP contribution in [0.2, 0.25) is 0 Å². The average molecular weight is 587 g/mol. The fourth-order valence-corrected chi connectivity index (χ4v) is 5.70. The van der Waals surface area contributed by atoms with Gasteiger partial charge in [-0.2, -0.15) is 0 Å². The van der Waals surface area contributed by atoms with E-state index in [1.165, 1.54) is 10.9 Å². The first-order chi connectivity index (χ1) is 21.3. The smallest absolute Gasteiger partial charge is 0.242 e. The third-order valence-corrected chi connectivity index (χ3v) is 8.23. The highest BCUT2D eigenvalue weighted by molar-refractivity contribution is 5.91. The van der Waals surface area contributed by atoms with Gasteiger partial charge < -0.3 is 19.7 Å². The summed E-state index contributed by atoms with van der Waals surface area (Å²) in [5.41, 5.74) is 6.25. The van der Waals surface area contributed by atoms with Crippen LogP contribution in [-0.2, 0) is 22.6 Å². The summed E-state index contributed by atoms with van der Waals surface area (Å²) in [5, 5.41) is 1.17. The summed E-state index contributed by atoms with van der Waals surface area (Å²) >= 11 is 0. The van der Waals surface area contributed by atoms with Crippen LogP contribution in [0, 0.1) is 0 Å². The Balaban J connectivity index is 1.41. The molecule has 0 saturated carbocycles. The molecule has 5 rings (SSSR count). The van der Waals surface area contributed by atoms with Crippen molar-refractivity contribution in [1.82, 2.24) is 14.8 Å². The van der Waals surface area contributed by atoms with Crippen molar-refractivity contribution in [3.63, 3.8) is 0 Å². The first kappa shape index (κ1) is 30.6. The number of rotatable bonds is 12. The molecule has 5 aromatic rings. The van der Waals surface area contributed by atoms with E-state index >= 15 is 0 Å². The van der Waals surface area contributed by atoms with Crippen LogP contribution in [0.15, 0.2) is 115 Å². The van der Waals surface area contributed by atoms with Crippen LogP contribution < -0.4 is 4.90 Å². The minimum Gasteiger partial charge on any atom is -0.378 e. The molecule has 0 aliphatic rings. The number of carbonyl (C=O) groups excluding carboxylic acids is 2. The number of hydrogen-bond donors (Lipinski definition) is 1. The van der Waals surface area contributed by atoms with Gasteiger partial charge in [-0.25, -0.2) is 0 Å². The molecule has 6 heteroatoms. The second-order valence-electron chi connectivity index (χ2n) is 11.8. The van der Waals surface area contributed by atoms with Gasteiger partial charge in [-0.05, 0) is 60.7 Å². The first-order valence-electron chi connectivity index (χ1n) is 15.3. The summed E-state index contributed by atoms with van der Waals surface area (Å²) in [7, 11) is 4.03. The molecular formula is C38H42N4O2. The third-order valence-electron chi connectivity index (χ3n) is 8.23. The van der Waals surface area contributed by atoms with Gasteiger partial charge in [0.2, 0.25) is 11.8 Å². The normalized spacial score (nSPS) is 11.2. The number of aromatic amines is 1. The topological polar surface area (TPSA) is 59.7 Å². The van der Waals surface area contributed by atoms with Gasteiger partial charge >= 0.3 is 0 Å². The molecule has 1 heterocycles. The quantitative estimate of drug-likeness (QED) is 0.174. The van der Waals surface area contributed by atoms with Gasteiger partial charge in [-0.1, -0.05) is 91.0 Å². The minimum absolute atomic E-state index is 0.0103. The number of anilines is 1. The van der Waals surface area contributed by atoms with Crippen LogP contribution in [0.25, 0.3) is 10.9 Å². The summed E-state index contributed by atoms with van der Waals surface area (Å²) in [6.45, 7) is 4.98. The zero-order chi connectivity index (χ0) is 31.1.